The molecular weight excluding hydrogens is 196 g/mol. The summed E-state index contributed by atoms with van der Waals surface area (Å²) in [6.07, 6.45) is 3.10. The molecule has 0 spiro atoms. The molecule has 0 aromatic heterocycles. The van der Waals surface area contributed by atoms with E-state index in [1.807, 2.05) is 6.07 Å². The Kier molecular flexibility index (Phi) is 3.26. The molecule has 0 bridgehead atoms. The molecule has 0 heterocycles. The Morgan fingerprint density at radius 3 is 2.62 bits per heavy atom. The quantitative estimate of drug-likeness (QED) is 0.817. The van der Waals surface area contributed by atoms with Crippen LogP contribution in [0.2, 0.25) is 0 Å². The predicted molar refractivity (Wildman–Crippen MR) is 64.8 cm³/mol. The van der Waals surface area contributed by atoms with Gasteiger partial charge in [0.2, 0.25) is 0 Å². The van der Waals surface area contributed by atoms with Crippen LogP contribution < -0.4 is 5.32 Å². The standard InChI is InChI=1S/C14H18N2/c1-12(13-5-3-2-4-6-13)16-11-14(7-8-14)9-10-15/h2-6,12,16H,7-9,11H2,1H3/t12-/m1/s1. The normalized spacial score (nSPS) is 18.8. The van der Waals surface area contributed by atoms with Crippen molar-refractivity contribution in [3.8, 4) is 6.07 Å². The predicted octanol–water partition coefficient (Wildman–Crippen LogP) is 3.03. The third-order valence-electron chi connectivity index (χ3n) is 3.49. The van der Waals surface area contributed by atoms with Gasteiger partial charge in [0, 0.05) is 19.0 Å². The van der Waals surface area contributed by atoms with Crippen LogP contribution >= 0.6 is 0 Å². The smallest absolute Gasteiger partial charge is 0.0628 e. The van der Waals surface area contributed by atoms with Crippen molar-refractivity contribution in [1.82, 2.24) is 5.32 Å². The van der Waals surface area contributed by atoms with Gasteiger partial charge < -0.3 is 5.32 Å². The van der Waals surface area contributed by atoms with E-state index in [0.29, 0.717) is 12.5 Å². The number of hydrogen-bond acceptors (Lipinski definition) is 2. The molecule has 1 aliphatic rings. The van der Waals surface area contributed by atoms with E-state index in [-0.39, 0.29) is 5.41 Å². The van der Waals surface area contributed by atoms with E-state index >= 15 is 0 Å². The highest BCUT2D eigenvalue weighted by atomic mass is 14.9. The van der Waals surface area contributed by atoms with Gasteiger partial charge in [-0.25, -0.2) is 0 Å². The summed E-state index contributed by atoms with van der Waals surface area (Å²) in [5, 5.41) is 12.3. The fourth-order valence-corrected chi connectivity index (χ4v) is 1.99. The lowest BCUT2D eigenvalue weighted by molar-refractivity contribution is 0.433. The summed E-state index contributed by atoms with van der Waals surface area (Å²) in [7, 11) is 0. The Morgan fingerprint density at radius 2 is 2.06 bits per heavy atom. The van der Waals surface area contributed by atoms with Gasteiger partial charge in [0.05, 0.1) is 6.07 Å². The van der Waals surface area contributed by atoms with E-state index < -0.39 is 0 Å². The summed E-state index contributed by atoms with van der Waals surface area (Å²) in [5.41, 5.74) is 1.60. The van der Waals surface area contributed by atoms with Crippen LogP contribution in [0.5, 0.6) is 0 Å². The van der Waals surface area contributed by atoms with Gasteiger partial charge in [0.15, 0.2) is 0 Å². The number of nitrogens with one attached hydrogen (secondary N) is 1. The largest absolute Gasteiger partial charge is 0.310 e. The van der Waals surface area contributed by atoms with Crippen molar-refractivity contribution >= 4 is 0 Å². The first-order chi connectivity index (χ1) is 7.76. The van der Waals surface area contributed by atoms with Gasteiger partial charge in [-0.2, -0.15) is 5.26 Å². The zero-order valence-electron chi connectivity index (χ0n) is 9.74. The number of hydrogen-bond donors (Lipinski definition) is 1. The van der Waals surface area contributed by atoms with E-state index in [1.165, 1.54) is 18.4 Å². The summed E-state index contributed by atoms with van der Waals surface area (Å²) in [4.78, 5) is 0. The third-order valence-corrected chi connectivity index (χ3v) is 3.49. The first-order valence-corrected chi connectivity index (χ1v) is 5.91. The molecular formula is C14H18N2. The van der Waals surface area contributed by atoms with Gasteiger partial charge in [0.25, 0.3) is 0 Å². The van der Waals surface area contributed by atoms with Crippen LogP contribution in [0.25, 0.3) is 0 Å². The molecule has 0 aliphatic heterocycles. The molecule has 0 unspecified atom stereocenters. The van der Waals surface area contributed by atoms with Crippen molar-refractivity contribution in [3.05, 3.63) is 35.9 Å². The number of rotatable bonds is 5. The molecule has 2 heteroatoms. The lowest BCUT2D eigenvalue weighted by Gasteiger charge is -2.18. The van der Waals surface area contributed by atoms with Crippen molar-refractivity contribution in [2.24, 2.45) is 5.41 Å². The second-order valence-electron chi connectivity index (χ2n) is 4.85. The monoisotopic (exact) mass is 214 g/mol. The Hall–Kier alpha value is -1.33. The van der Waals surface area contributed by atoms with Crippen molar-refractivity contribution in [2.45, 2.75) is 32.2 Å². The van der Waals surface area contributed by atoms with Crippen LogP contribution in [0.4, 0.5) is 0 Å². The van der Waals surface area contributed by atoms with Gasteiger partial charge in [-0.05, 0) is 30.7 Å². The molecule has 1 fully saturated rings. The molecule has 2 nitrogen and oxygen atoms in total. The minimum atomic E-state index is 0.289. The van der Waals surface area contributed by atoms with Gasteiger partial charge in [0.1, 0.15) is 0 Å². The van der Waals surface area contributed by atoms with Crippen LogP contribution in [0.3, 0.4) is 0 Å². The zero-order chi connectivity index (χ0) is 11.4. The topological polar surface area (TPSA) is 35.8 Å². The van der Waals surface area contributed by atoms with Gasteiger partial charge in [-0.1, -0.05) is 30.3 Å². The van der Waals surface area contributed by atoms with Crippen LogP contribution in [-0.2, 0) is 0 Å². The van der Waals surface area contributed by atoms with Crippen LogP contribution in [0, 0.1) is 16.7 Å². The Bertz CT molecular complexity index is 373. The summed E-state index contributed by atoms with van der Waals surface area (Å²) >= 11 is 0. The second kappa shape index (κ2) is 4.67. The molecule has 0 amide bonds. The molecule has 16 heavy (non-hydrogen) atoms. The SMILES string of the molecule is C[C@@H](NCC1(CC#N)CC1)c1ccccc1. The van der Waals surface area contributed by atoms with Crippen LogP contribution in [-0.4, -0.2) is 6.54 Å². The van der Waals surface area contributed by atoms with Crippen molar-refractivity contribution in [3.63, 3.8) is 0 Å². The summed E-state index contributed by atoms with van der Waals surface area (Å²) in [5.74, 6) is 0. The number of nitrogens with zero attached hydrogens (tertiary/aromatic N) is 1. The average Bonchev–Trinajstić information content (AvgIpc) is 3.08. The van der Waals surface area contributed by atoms with Crippen molar-refractivity contribution in [2.75, 3.05) is 6.54 Å². The molecule has 1 N–H and O–H groups in total. The maximum absolute atomic E-state index is 8.75. The lowest BCUT2D eigenvalue weighted by Crippen LogP contribution is -2.26. The van der Waals surface area contributed by atoms with E-state index in [9.17, 15) is 0 Å². The highest BCUT2D eigenvalue weighted by Gasteiger charge is 2.42. The first-order valence-electron chi connectivity index (χ1n) is 5.91. The molecule has 0 saturated heterocycles. The fraction of sp³-hybridized carbons (Fsp3) is 0.500. The molecule has 1 atom stereocenters. The van der Waals surface area contributed by atoms with E-state index in [4.69, 9.17) is 5.26 Å². The molecule has 1 aromatic rings. The number of nitriles is 1. The first kappa shape index (κ1) is 11.2. The average molecular weight is 214 g/mol. The molecule has 0 radical (unpaired) electrons. The fourth-order valence-electron chi connectivity index (χ4n) is 1.99. The Balaban J connectivity index is 1.85. The summed E-state index contributed by atoms with van der Waals surface area (Å²) in [6.45, 7) is 3.15. The van der Waals surface area contributed by atoms with E-state index in [2.05, 4.69) is 42.6 Å². The summed E-state index contributed by atoms with van der Waals surface area (Å²) in [6, 6.07) is 13.1. The minimum absolute atomic E-state index is 0.289. The Labute approximate surface area is 97.3 Å². The maximum Gasteiger partial charge on any atom is 0.0628 e. The maximum atomic E-state index is 8.75. The highest BCUT2D eigenvalue weighted by Crippen LogP contribution is 2.48. The second-order valence-corrected chi connectivity index (χ2v) is 4.85. The molecule has 1 aromatic carbocycles. The van der Waals surface area contributed by atoms with E-state index in [0.717, 1.165) is 6.54 Å². The molecule has 1 saturated carbocycles. The van der Waals surface area contributed by atoms with Crippen molar-refractivity contribution in [1.29, 1.82) is 5.26 Å². The molecule has 2 rings (SSSR count). The van der Waals surface area contributed by atoms with Crippen molar-refractivity contribution < 1.29 is 0 Å². The van der Waals surface area contributed by atoms with E-state index in [1.54, 1.807) is 0 Å². The van der Waals surface area contributed by atoms with Crippen LogP contribution in [0.15, 0.2) is 30.3 Å². The third kappa shape index (κ3) is 2.62. The Morgan fingerprint density at radius 1 is 1.38 bits per heavy atom. The van der Waals surface area contributed by atoms with Crippen LogP contribution in [0.1, 0.15) is 37.8 Å². The zero-order valence-corrected chi connectivity index (χ0v) is 9.74. The minimum Gasteiger partial charge on any atom is -0.310 e. The molecule has 84 valence electrons. The van der Waals surface area contributed by atoms with Gasteiger partial charge >= 0.3 is 0 Å². The molecule has 1 aliphatic carbocycles. The highest BCUT2D eigenvalue weighted by molar-refractivity contribution is 5.18. The summed E-state index contributed by atoms with van der Waals surface area (Å²) < 4.78 is 0. The van der Waals surface area contributed by atoms with Gasteiger partial charge in [-0.15, -0.1) is 0 Å². The number of benzene rings is 1. The van der Waals surface area contributed by atoms with Gasteiger partial charge in [-0.3, -0.25) is 0 Å². The lowest BCUT2D eigenvalue weighted by atomic mass is 10.0.